The Kier molecular flexibility index (Phi) is 4.35. The summed E-state index contributed by atoms with van der Waals surface area (Å²) in [5.74, 6) is -1.68. The van der Waals surface area contributed by atoms with Gasteiger partial charge >= 0.3 is 0 Å². The van der Waals surface area contributed by atoms with Gasteiger partial charge in [0.05, 0.1) is 5.92 Å². The van der Waals surface area contributed by atoms with E-state index >= 15 is 0 Å². The van der Waals surface area contributed by atoms with E-state index in [-0.39, 0.29) is 17.3 Å². The van der Waals surface area contributed by atoms with Crippen molar-refractivity contribution >= 4 is 22.5 Å². The van der Waals surface area contributed by atoms with E-state index in [1.165, 1.54) is 12.3 Å². The topological polar surface area (TPSA) is 45.2 Å². The van der Waals surface area contributed by atoms with Crippen molar-refractivity contribution in [3.8, 4) is 0 Å². The molecule has 0 aliphatic heterocycles. The van der Waals surface area contributed by atoms with E-state index in [9.17, 15) is 13.6 Å². The van der Waals surface area contributed by atoms with E-state index in [2.05, 4.69) is 10.3 Å². The number of hydrogen-bond donors (Lipinski definition) is 1. The number of rotatable bonds is 4. The van der Waals surface area contributed by atoms with Crippen LogP contribution in [0.3, 0.4) is 0 Å². The minimum Gasteiger partial charge on any atom is -0.373 e. The average Bonchev–Trinajstić information content (AvgIpc) is 2.45. The fraction of sp³-hybridized carbons (Fsp3) is 0.333. The fourth-order valence-electron chi connectivity index (χ4n) is 2.34. The summed E-state index contributed by atoms with van der Waals surface area (Å²) in [6.07, 6.45) is 1.47. The lowest BCUT2D eigenvalue weighted by Gasteiger charge is -2.24. The molecule has 0 saturated heterocycles. The van der Waals surface area contributed by atoms with Crippen LogP contribution in [0.4, 0.5) is 14.5 Å². The maximum atomic E-state index is 13.8. The lowest BCUT2D eigenvalue weighted by molar-refractivity contribution is -0.123. The molecule has 2 aromatic rings. The van der Waals surface area contributed by atoms with Crippen molar-refractivity contribution in [2.45, 2.75) is 6.92 Å². The van der Waals surface area contributed by atoms with Crippen LogP contribution in [-0.2, 0) is 4.79 Å². The standard InChI is InChI=1S/C15H17F2N3O/c1-9(15(21)18-2)8-20(3)13-4-5-19-14-11(13)6-10(16)7-12(14)17/h4-7,9H,8H2,1-3H3,(H,18,21). The molecule has 1 unspecified atom stereocenters. The van der Waals surface area contributed by atoms with Crippen LogP contribution >= 0.6 is 0 Å². The number of anilines is 1. The van der Waals surface area contributed by atoms with Gasteiger partial charge in [0.1, 0.15) is 11.3 Å². The lowest BCUT2D eigenvalue weighted by Crippen LogP contribution is -2.34. The molecule has 6 heteroatoms. The summed E-state index contributed by atoms with van der Waals surface area (Å²) in [6, 6.07) is 3.74. The summed E-state index contributed by atoms with van der Waals surface area (Å²) in [6.45, 7) is 2.22. The Morgan fingerprint density at radius 1 is 1.43 bits per heavy atom. The van der Waals surface area contributed by atoms with Crippen molar-refractivity contribution in [1.82, 2.24) is 10.3 Å². The van der Waals surface area contributed by atoms with Crippen LogP contribution in [0.1, 0.15) is 6.92 Å². The van der Waals surface area contributed by atoms with Crippen molar-refractivity contribution in [2.24, 2.45) is 5.92 Å². The molecule has 0 aliphatic carbocycles. The quantitative estimate of drug-likeness (QED) is 0.941. The second-order valence-electron chi connectivity index (χ2n) is 5.01. The highest BCUT2D eigenvalue weighted by Gasteiger charge is 2.17. The SMILES string of the molecule is CNC(=O)C(C)CN(C)c1ccnc2c(F)cc(F)cc12. The minimum absolute atomic E-state index is 0.0856. The van der Waals surface area contributed by atoms with Crippen LogP contribution in [-0.4, -0.2) is 31.5 Å². The number of aromatic nitrogens is 1. The molecule has 21 heavy (non-hydrogen) atoms. The average molecular weight is 293 g/mol. The Morgan fingerprint density at radius 2 is 2.14 bits per heavy atom. The van der Waals surface area contributed by atoms with Crippen LogP contribution in [0.25, 0.3) is 10.9 Å². The zero-order chi connectivity index (χ0) is 15.6. The monoisotopic (exact) mass is 293 g/mol. The Morgan fingerprint density at radius 3 is 2.81 bits per heavy atom. The van der Waals surface area contributed by atoms with Crippen LogP contribution in [0, 0.1) is 17.6 Å². The number of carbonyl (C=O) groups excluding carboxylic acids is 1. The first-order valence-corrected chi connectivity index (χ1v) is 6.60. The van der Waals surface area contributed by atoms with Crippen molar-refractivity contribution in [1.29, 1.82) is 0 Å². The lowest BCUT2D eigenvalue weighted by atomic mass is 10.1. The molecule has 0 radical (unpaired) electrons. The molecule has 1 heterocycles. The normalized spacial score (nSPS) is 12.2. The van der Waals surface area contributed by atoms with Crippen LogP contribution in [0.2, 0.25) is 0 Å². The third kappa shape index (κ3) is 3.09. The fourth-order valence-corrected chi connectivity index (χ4v) is 2.34. The zero-order valence-corrected chi connectivity index (χ0v) is 12.2. The van der Waals surface area contributed by atoms with Crippen molar-refractivity contribution in [3.05, 3.63) is 36.0 Å². The number of hydrogen-bond acceptors (Lipinski definition) is 3. The summed E-state index contributed by atoms with van der Waals surface area (Å²) in [5.41, 5.74) is 0.752. The van der Waals surface area contributed by atoms with E-state index < -0.39 is 11.6 Å². The molecule has 1 aromatic heterocycles. The van der Waals surface area contributed by atoms with Gasteiger partial charge in [0.2, 0.25) is 5.91 Å². The second kappa shape index (κ2) is 6.03. The molecule has 1 aromatic carbocycles. The Hall–Kier alpha value is -2.24. The third-order valence-electron chi connectivity index (χ3n) is 3.39. The summed E-state index contributed by atoms with van der Waals surface area (Å²) >= 11 is 0. The van der Waals surface area contributed by atoms with E-state index in [0.29, 0.717) is 17.6 Å². The number of carbonyl (C=O) groups is 1. The number of pyridine rings is 1. The van der Waals surface area contributed by atoms with Gasteiger partial charge in [-0.2, -0.15) is 0 Å². The molecule has 0 saturated carbocycles. The first-order valence-electron chi connectivity index (χ1n) is 6.60. The first-order chi connectivity index (χ1) is 9.93. The number of nitrogens with zero attached hydrogens (tertiary/aromatic N) is 2. The minimum atomic E-state index is -0.695. The molecular formula is C15H17F2N3O. The number of halogens is 2. The summed E-state index contributed by atoms with van der Waals surface area (Å²) in [7, 11) is 3.35. The molecule has 0 aliphatic rings. The highest BCUT2D eigenvalue weighted by Crippen LogP contribution is 2.27. The maximum absolute atomic E-state index is 13.8. The summed E-state index contributed by atoms with van der Waals surface area (Å²) in [5, 5.41) is 2.97. The molecule has 1 amide bonds. The largest absolute Gasteiger partial charge is 0.373 e. The van der Waals surface area contributed by atoms with E-state index in [1.807, 2.05) is 0 Å². The number of nitrogens with one attached hydrogen (secondary N) is 1. The molecule has 112 valence electrons. The summed E-state index contributed by atoms with van der Waals surface area (Å²) < 4.78 is 27.2. The predicted molar refractivity (Wildman–Crippen MR) is 78.2 cm³/mol. The number of amides is 1. The second-order valence-corrected chi connectivity index (χ2v) is 5.01. The Balaban J connectivity index is 2.40. The third-order valence-corrected chi connectivity index (χ3v) is 3.39. The van der Waals surface area contributed by atoms with Gasteiger partial charge in [-0.05, 0) is 12.1 Å². The highest BCUT2D eigenvalue weighted by molar-refractivity contribution is 5.92. The molecule has 0 bridgehead atoms. The molecule has 4 nitrogen and oxygen atoms in total. The van der Waals surface area contributed by atoms with Gasteiger partial charge in [0.25, 0.3) is 0 Å². The van der Waals surface area contributed by atoms with Crippen LogP contribution < -0.4 is 10.2 Å². The van der Waals surface area contributed by atoms with Crippen LogP contribution in [0.5, 0.6) is 0 Å². The zero-order valence-electron chi connectivity index (χ0n) is 12.2. The van der Waals surface area contributed by atoms with E-state index in [1.54, 1.807) is 32.0 Å². The van der Waals surface area contributed by atoms with Gasteiger partial charge in [-0.15, -0.1) is 0 Å². The summed E-state index contributed by atoms with van der Waals surface area (Å²) in [4.78, 5) is 17.3. The van der Waals surface area contributed by atoms with Crippen molar-refractivity contribution < 1.29 is 13.6 Å². The van der Waals surface area contributed by atoms with Gasteiger partial charge in [-0.3, -0.25) is 9.78 Å². The van der Waals surface area contributed by atoms with Gasteiger partial charge < -0.3 is 10.2 Å². The van der Waals surface area contributed by atoms with E-state index in [0.717, 1.165) is 6.07 Å². The Bertz CT molecular complexity index is 675. The highest BCUT2D eigenvalue weighted by atomic mass is 19.1. The van der Waals surface area contributed by atoms with Gasteiger partial charge in [0, 0.05) is 44.0 Å². The van der Waals surface area contributed by atoms with Gasteiger partial charge in [-0.1, -0.05) is 6.92 Å². The Labute approximate surface area is 121 Å². The number of fused-ring (bicyclic) bond motifs is 1. The van der Waals surface area contributed by atoms with Crippen LogP contribution in [0.15, 0.2) is 24.4 Å². The smallest absolute Gasteiger partial charge is 0.224 e. The molecule has 2 rings (SSSR count). The van der Waals surface area contributed by atoms with Gasteiger partial charge in [0.15, 0.2) is 5.82 Å². The predicted octanol–water partition coefficient (Wildman–Crippen LogP) is 2.33. The molecule has 0 fully saturated rings. The maximum Gasteiger partial charge on any atom is 0.224 e. The van der Waals surface area contributed by atoms with Crippen molar-refractivity contribution in [2.75, 3.05) is 25.5 Å². The van der Waals surface area contributed by atoms with Gasteiger partial charge in [-0.25, -0.2) is 8.78 Å². The molecule has 1 atom stereocenters. The molecule has 1 N–H and O–H groups in total. The first kappa shape index (κ1) is 15.2. The van der Waals surface area contributed by atoms with E-state index in [4.69, 9.17) is 0 Å². The van der Waals surface area contributed by atoms with Crippen molar-refractivity contribution in [3.63, 3.8) is 0 Å². The molecular weight excluding hydrogens is 276 g/mol. The number of benzene rings is 1. The molecule has 0 spiro atoms.